The van der Waals surface area contributed by atoms with E-state index in [1.54, 1.807) is 0 Å². The first kappa shape index (κ1) is 13.7. The molecule has 1 fully saturated rings. The van der Waals surface area contributed by atoms with E-state index in [1.165, 1.54) is 0 Å². The van der Waals surface area contributed by atoms with Gasteiger partial charge < -0.3 is 5.32 Å². The molecule has 0 amide bonds. The van der Waals surface area contributed by atoms with E-state index in [0.717, 1.165) is 32.5 Å². The van der Waals surface area contributed by atoms with Crippen molar-refractivity contribution in [2.24, 2.45) is 0 Å². The largest absolute Gasteiger partial charge is 0.522 e. The number of hydrogen-bond donors (Lipinski definition) is 1. The lowest BCUT2D eigenvalue weighted by Crippen LogP contribution is -2.40. The van der Waals surface area contributed by atoms with Crippen molar-refractivity contribution in [1.82, 2.24) is 10.2 Å². The lowest BCUT2D eigenvalue weighted by Gasteiger charge is -2.27. The van der Waals surface area contributed by atoms with Gasteiger partial charge in [-0.1, -0.05) is 6.92 Å². The highest BCUT2D eigenvalue weighted by molar-refractivity contribution is 4.80. The minimum Gasteiger partial charge on any atom is -0.315 e. The first-order valence-electron chi connectivity index (χ1n) is 5.68. The summed E-state index contributed by atoms with van der Waals surface area (Å²) < 4.78 is 39.3. The van der Waals surface area contributed by atoms with Crippen LogP contribution in [0.4, 0.5) is 13.2 Å². The van der Waals surface area contributed by atoms with Crippen molar-refractivity contribution in [3.05, 3.63) is 0 Å². The Labute approximate surface area is 93.9 Å². The van der Waals surface area contributed by atoms with E-state index in [-0.39, 0.29) is 6.61 Å². The standard InChI is InChI=1S/C10H19F3N2O/c1-2-5-15(9-3-4-14-8-9)6-7-16-10(11,12)13/h9,14H,2-8H2,1H3. The Balaban J connectivity index is 2.27. The van der Waals surface area contributed by atoms with E-state index in [9.17, 15) is 13.2 Å². The van der Waals surface area contributed by atoms with Crippen LogP contribution in [0.5, 0.6) is 0 Å². The van der Waals surface area contributed by atoms with Gasteiger partial charge >= 0.3 is 6.36 Å². The molecule has 0 spiro atoms. The topological polar surface area (TPSA) is 24.5 Å². The second-order valence-corrected chi connectivity index (χ2v) is 3.98. The van der Waals surface area contributed by atoms with Crippen LogP contribution in [0.1, 0.15) is 19.8 Å². The van der Waals surface area contributed by atoms with Crippen molar-refractivity contribution in [2.75, 3.05) is 32.8 Å². The summed E-state index contributed by atoms with van der Waals surface area (Å²) in [4.78, 5) is 2.08. The summed E-state index contributed by atoms with van der Waals surface area (Å²) in [5, 5.41) is 3.21. The number of nitrogens with zero attached hydrogens (tertiary/aromatic N) is 1. The molecule has 1 heterocycles. The van der Waals surface area contributed by atoms with Crippen LogP contribution in [-0.4, -0.2) is 50.1 Å². The minimum absolute atomic E-state index is 0.278. The lowest BCUT2D eigenvalue weighted by molar-refractivity contribution is -0.325. The van der Waals surface area contributed by atoms with Crippen LogP contribution in [0, 0.1) is 0 Å². The summed E-state index contributed by atoms with van der Waals surface area (Å²) in [5.41, 5.74) is 0. The summed E-state index contributed by atoms with van der Waals surface area (Å²) in [6.07, 6.45) is -2.56. The molecule has 0 aromatic rings. The second-order valence-electron chi connectivity index (χ2n) is 3.98. The molecule has 0 saturated carbocycles. The molecule has 1 N–H and O–H groups in total. The predicted octanol–water partition coefficient (Wildman–Crippen LogP) is 1.60. The molecule has 1 aliphatic rings. The smallest absolute Gasteiger partial charge is 0.315 e. The van der Waals surface area contributed by atoms with Gasteiger partial charge in [-0.3, -0.25) is 9.64 Å². The predicted molar refractivity (Wildman–Crippen MR) is 55.1 cm³/mol. The fraction of sp³-hybridized carbons (Fsp3) is 1.00. The van der Waals surface area contributed by atoms with Crippen LogP contribution < -0.4 is 5.32 Å². The maximum Gasteiger partial charge on any atom is 0.522 e. The van der Waals surface area contributed by atoms with Gasteiger partial charge in [0.05, 0.1) is 6.61 Å². The molecule has 3 nitrogen and oxygen atoms in total. The molecule has 0 bridgehead atoms. The third-order valence-electron chi connectivity index (χ3n) is 2.71. The van der Waals surface area contributed by atoms with Gasteiger partial charge in [-0.15, -0.1) is 13.2 Å². The maximum atomic E-state index is 11.8. The third-order valence-corrected chi connectivity index (χ3v) is 2.71. The molecule has 0 aromatic heterocycles. The average molecular weight is 240 g/mol. The summed E-state index contributed by atoms with van der Waals surface area (Å²) in [7, 11) is 0. The summed E-state index contributed by atoms with van der Waals surface area (Å²) >= 11 is 0. The molecule has 1 aliphatic heterocycles. The lowest BCUT2D eigenvalue weighted by atomic mass is 10.2. The summed E-state index contributed by atoms with van der Waals surface area (Å²) in [5.74, 6) is 0. The molecular formula is C10H19F3N2O. The van der Waals surface area contributed by atoms with Gasteiger partial charge in [-0.2, -0.15) is 0 Å². The normalized spacial score (nSPS) is 21.9. The third kappa shape index (κ3) is 5.14. The Bertz CT molecular complexity index is 193. The average Bonchev–Trinajstić information content (AvgIpc) is 2.67. The maximum absolute atomic E-state index is 11.8. The molecule has 16 heavy (non-hydrogen) atoms. The van der Waals surface area contributed by atoms with Gasteiger partial charge in [0.25, 0.3) is 0 Å². The number of ether oxygens (including phenoxy) is 1. The van der Waals surface area contributed by atoms with E-state index in [1.807, 2.05) is 6.92 Å². The molecule has 96 valence electrons. The van der Waals surface area contributed by atoms with E-state index in [2.05, 4.69) is 15.0 Å². The highest BCUT2D eigenvalue weighted by Crippen LogP contribution is 2.16. The van der Waals surface area contributed by atoms with E-state index >= 15 is 0 Å². The number of alkyl halides is 3. The van der Waals surface area contributed by atoms with Crippen LogP contribution in [0.2, 0.25) is 0 Å². The van der Waals surface area contributed by atoms with Crippen molar-refractivity contribution in [2.45, 2.75) is 32.2 Å². The minimum atomic E-state index is -4.51. The SMILES string of the molecule is CCCN(CCOC(F)(F)F)C1CCNC1. The zero-order valence-electron chi connectivity index (χ0n) is 9.52. The fourth-order valence-electron chi connectivity index (χ4n) is 1.99. The summed E-state index contributed by atoms with van der Waals surface area (Å²) in [6, 6.07) is 0.358. The zero-order chi connectivity index (χ0) is 12.0. The highest BCUT2D eigenvalue weighted by atomic mass is 19.4. The van der Waals surface area contributed by atoms with Gasteiger partial charge in [-0.05, 0) is 25.9 Å². The van der Waals surface area contributed by atoms with E-state index in [0.29, 0.717) is 12.6 Å². The molecule has 0 radical (unpaired) electrons. The first-order valence-corrected chi connectivity index (χ1v) is 5.68. The molecule has 1 saturated heterocycles. The second kappa shape index (κ2) is 6.42. The Morgan fingerprint density at radius 2 is 2.12 bits per heavy atom. The Hall–Kier alpha value is -0.330. The summed E-state index contributed by atoms with van der Waals surface area (Å²) in [6.45, 7) is 4.74. The molecule has 1 atom stereocenters. The molecular weight excluding hydrogens is 221 g/mol. The molecule has 1 rings (SSSR count). The van der Waals surface area contributed by atoms with Crippen molar-refractivity contribution >= 4 is 0 Å². The van der Waals surface area contributed by atoms with E-state index < -0.39 is 6.36 Å². The number of halogens is 3. The van der Waals surface area contributed by atoms with Crippen molar-refractivity contribution in [3.8, 4) is 0 Å². The highest BCUT2D eigenvalue weighted by Gasteiger charge is 2.29. The van der Waals surface area contributed by atoms with Crippen molar-refractivity contribution in [3.63, 3.8) is 0 Å². The van der Waals surface area contributed by atoms with Crippen molar-refractivity contribution < 1.29 is 17.9 Å². The van der Waals surface area contributed by atoms with Crippen LogP contribution in [0.15, 0.2) is 0 Å². The van der Waals surface area contributed by atoms with Gasteiger partial charge in [-0.25, -0.2) is 0 Å². The zero-order valence-corrected chi connectivity index (χ0v) is 9.52. The quantitative estimate of drug-likeness (QED) is 0.763. The number of rotatable bonds is 6. The Morgan fingerprint density at radius 3 is 2.62 bits per heavy atom. The van der Waals surface area contributed by atoms with E-state index in [4.69, 9.17) is 0 Å². The van der Waals surface area contributed by atoms with Gasteiger partial charge in [0.1, 0.15) is 0 Å². The van der Waals surface area contributed by atoms with Crippen molar-refractivity contribution in [1.29, 1.82) is 0 Å². The Morgan fingerprint density at radius 1 is 1.38 bits per heavy atom. The number of nitrogens with one attached hydrogen (secondary N) is 1. The fourth-order valence-corrected chi connectivity index (χ4v) is 1.99. The van der Waals surface area contributed by atoms with Crippen LogP contribution in [0.25, 0.3) is 0 Å². The van der Waals surface area contributed by atoms with Crippen LogP contribution in [-0.2, 0) is 4.74 Å². The van der Waals surface area contributed by atoms with Gasteiger partial charge in [0, 0.05) is 19.1 Å². The molecule has 1 unspecified atom stereocenters. The monoisotopic (exact) mass is 240 g/mol. The molecule has 0 aliphatic carbocycles. The molecule has 6 heteroatoms. The number of hydrogen-bond acceptors (Lipinski definition) is 3. The van der Waals surface area contributed by atoms with Gasteiger partial charge in [0.2, 0.25) is 0 Å². The Kier molecular flexibility index (Phi) is 5.51. The first-order chi connectivity index (χ1) is 7.53. The molecule has 0 aromatic carbocycles. The van der Waals surface area contributed by atoms with Gasteiger partial charge in [0.15, 0.2) is 0 Å². The van der Waals surface area contributed by atoms with Crippen LogP contribution >= 0.6 is 0 Å². The van der Waals surface area contributed by atoms with Crippen LogP contribution in [0.3, 0.4) is 0 Å².